The average Bonchev–Trinajstić information content (AvgIpc) is 2.98. The smallest absolute Gasteiger partial charge is 0.186 e. The number of nitrogens with zero attached hydrogens (tertiary/aromatic N) is 3. The topological polar surface area (TPSA) is 48.8 Å². The maximum atomic E-state index is 10.4. The van der Waals surface area contributed by atoms with Crippen molar-refractivity contribution < 1.29 is 9.84 Å². The largest absolute Gasteiger partial charge is 0.491 e. The van der Waals surface area contributed by atoms with Gasteiger partial charge in [-0.15, -0.1) is 0 Å². The minimum absolute atomic E-state index is 0.292. The van der Waals surface area contributed by atoms with Crippen LogP contribution < -0.4 is 9.64 Å². The van der Waals surface area contributed by atoms with E-state index in [-0.39, 0.29) is 0 Å². The lowest BCUT2D eigenvalue weighted by Gasteiger charge is -2.24. The number of rotatable bonds is 6. The monoisotopic (exact) mass is 495 g/mol. The van der Waals surface area contributed by atoms with Gasteiger partial charge in [0.15, 0.2) is 5.13 Å². The van der Waals surface area contributed by atoms with Gasteiger partial charge in [-0.2, -0.15) is 0 Å². The molecule has 29 heavy (non-hydrogen) atoms. The number of aliphatic hydroxyl groups excluding tert-OH is 1. The van der Waals surface area contributed by atoms with Crippen LogP contribution in [0.1, 0.15) is 6.42 Å². The van der Waals surface area contributed by atoms with E-state index in [4.69, 9.17) is 21.3 Å². The summed E-state index contributed by atoms with van der Waals surface area (Å²) in [6, 6.07) is 13.5. The van der Waals surface area contributed by atoms with Crippen LogP contribution in [0, 0.1) is 0 Å². The van der Waals surface area contributed by atoms with E-state index in [1.54, 1.807) is 11.3 Å². The molecule has 3 aromatic rings. The van der Waals surface area contributed by atoms with E-state index in [9.17, 15) is 5.11 Å². The summed E-state index contributed by atoms with van der Waals surface area (Å²) in [6.07, 6.45) is 0.520. The van der Waals surface area contributed by atoms with Crippen LogP contribution in [0.3, 0.4) is 0 Å². The van der Waals surface area contributed by atoms with Crippen LogP contribution >= 0.6 is 38.9 Å². The van der Waals surface area contributed by atoms with Crippen molar-refractivity contribution in [1.29, 1.82) is 0 Å². The molecule has 0 amide bonds. The first-order valence-corrected chi connectivity index (χ1v) is 11.7. The molecule has 1 fully saturated rings. The van der Waals surface area contributed by atoms with Gasteiger partial charge in [-0.3, -0.25) is 4.90 Å². The molecule has 2 aromatic carbocycles. The first kappa shape index (κ1) is 20.9. The summed E-state index contributed by atoms with van der Waals surface area (Å²) in [4.78, 5) is 9.41. The molecule has 0 radical (unpaired) electrons. The minimum Gasteiger partial charge on any atom is -0.491 e. The van der Waals surface area contributed by atoms with Gasteiger partial charge in [0.1, 0.15) is 18.5 Å². The molecule has 1 aromatic heterocycles. The standard InChI is InChI=1S/C21H23BrClN3O2S/c22-15-2-5-18(6-3-15)28-14-17(27)13-25-8-1-9-26(11-10-25)21-24-19-7-4-16(23)12-20(19)29-21/h2-7,12,17,27H,1,8-11,13-14H2. The van der Waals surface area contributed by atoms with Crippen molar-refractivity contribution in [2.75, 3.05) is 44.2 Å². The van der Waals surface area contributed by atoms with Crippen molar-refractivity contribution in [3.8, 4) is 5.75 Å². The van der Waals surface area contributed by atoms with Crippen LogP contribution in [-0.4, -0.2) is 60.4 Å². The molecular formula is C21H23BrClN3O2S. The Morgan fingerprint density at radius 3 is 2.79 bits per heavy atom. The Morgan fingerprint density at radius 2 is 1.97 bits per heavy atom. The third kappa shape index (κ3) is 5.61. The Balaban J connectivity index is 1.29. The molecule has 154 valence electrons. The van der Waals surface area contributed by atoms with E-state index in [1.165, 1.54) is 0 Å². The summed E-state index contributed by atoms with van der Waals surface area (Å²) in [6.45, 7) is 4.62. The Kier molecular flexibility index (Phi) is 6.92. The molecule has 0 spiro atoms. The number of thiazole rings is 1. The fraction of sp³-hybridized carbons (Fsp3) is 0.381. The predicted molar refractivity (Wildman–Crippen MR) is 124 cm³/mol. The zero-order chi connectivity index (χ0) is 20.2. The second kappa shape index (κ2) is 9.62. The van der Waals surface area contributed by atoms with Gasteiger partial charge >= 0.3 is 0 Å². The molecule has 1 aliphatic heterocycles. The van der Waals surface area contributed by atoms with E-state index < -0.39 is 6.10 Å². The van der Waals surface area contributed by atoms with Gasteiger partial charge < -0.3 is 14.7 Å². The van der Waals surface area contributed by atoms with Crippen LogP contribution in [0.4, 0.5) is 5.13 Å². The van der Waals surface area contributed by atoms with Gasteiger partial charge in [0.05, 0.1) is 10.2 Å². The molecule has 5 nitrogen and oxygen atoms in total. The zero-order valence-electron chi connectivity index (χ0n) is 15.9. The van der Waals surface area contributed by atoms with E-state index in [1.807, 2.05) is 42.5 Å². The number of hydrogen-bond donors (Lipinski definition) is 1. The quantitative estimate of drug-likeness (QED) is 0.538. The Hall–Kier alpha value is -1.38. The van der Waals surface area contributed by atoms with Crippen LogP contribution in [0.15, 0.2) is 46.9 Å². The van der Waals surface area contributed by atoms with Crippen LogP contribution in [0.5, 0.6) is 5.75 Å². The molecule has 1 atom stereocenters. The number of ether oxygens (including phenoxy) is 1. The Morgan fingerprint density at radius 1 is 1.14 bits per heavy atom. The molecule has 0 aliphatic carbocycles. The van der Waals surface area contributed by atoms with Crippen LogP contribution in [0.2, 0.25) is 5.02 Å². The first-order chi connectivity index (χ1) is 14.1. The molecule has 0 saturated carbocycles. The van der Waals surface area contributed by atoms with Crippen LogP contribution in [0.25, 0.3) is 10.2 Å². The molecular weight excluding hydrogens is 474 g/mol. The van der Waals surface area contributed by atoms with E-state index in [0.29, 0.717) is 13.2 Å². The number of halogens is 2. The molecule has 1 aliphatic rings. The highest BCUT2D eigenvalue weighted by Crippen LogP contribution is 2.31. The van der Waals surface area contributed by atoms with Gasteiger partial charge in [0, 0.05) is 35.7 Å². The third-order valence-corrected chi connectivity index (χ3v) is 6.77. The number of hydrogen-bond acceptors (Lipinski definition) is 6. The Bertz CT molecular complexity index is 953. The first-order valence-electron chi connectivity index (χ1n) is 9.67. The second-order valence-electron chi connectivity index (χ2n) is 7.17. The Labute approximate surface area is 188 Å². The fourth-order valence-electron chi connectivity index (χ4n) is 3.44. The molecule has 1 unspecified atom stereocenters. The number of fused-ring (bicyclic) bond motifs is 1. The van der Waals surface area contributed by atoms with Crippen molar-refractivity contribution >= 4 is 54.2 Å². The molecule has 8 heteroatoms. The highest BCUT2D eigenvalue weighted by Gasteiger charge is 2.20. The van der Waals surface area contributed by atoms with Gasteiger partial charge in [0.25, 0.3) is 0 Å². The van der Waals surface area contributed by atoms with Gasteiger partial charge in [-0.05, 0) is 55.4 Å². The van der Waals surface area contributed by atoms with Crippen LogP contribution in [-0.2, 0) is 0 Å². The highest BCUT2D eigenvalue weighted by molar-refractivity contribution is 9.10. The van der Waals surface area contributed by atoms with Gasteiger partial charge in [0.2, 0.25) is 0 Å². The van der Waals surface area contributed by atoms with Gasteiger partial charge in [-0.1, -0.05) is 38.9 Å². The molecule has 1 N–H and O–H groups in total. The fourth-order valence-corrected chi connectivity index (χ4v) is 5.00. The lowest BCUT2D eigenvalue weighted by atomic mass is 10.3. The molecule has 4 rings (SSSR count). The highest BCUT2D eigenvalue weighted by atomic mass is 79.9. The zero-order valence-corrected chi connectivity index (χ0v) is 19.1. The summed E-state index contributed by atoms with van der Waals surface area (Å²) in [5.41, 5.74) is 0.996. The summed E-state index contributed by atoms with van der Waals surface area (Å²) >= 11 is 11.2. The van der Waals surface area contributed by atoms with Crippen molar-refractivity contribution in [3.05, 3.63) is 52.0 Å². The lowest BCUT2D eigenvalue weighted by molar-refractivity contribution is 0.0705. The van der Waals surface area contributed by atoms with Gasteiger partial charge in [-0.25, -0.2) is 4.98 Å². The van der Waals surface area contributed by atoms with Crippen molar-refractivity contribution in [3.63, 3.8) is 0 Å². The molecule has 0 bridgehead atoms. The maximum absolute atomic E-state index is 10.4. The normalized spacial score (nSPS) is 16.7. The number of anilines is 1. The SMILES string of the molecule is OC(COc1ccc(Br)cc1)CN1CCCN(c2nc3ccc(Cl)cc3s2)CC1. The predicted octanol–water partition coefficient (Wildman–Crippen LogP) is 4.66. The summed E-state index contributed by atoms with van der Waals surface area (Å²) in [7, 11) is 0. The molecule has 1 saturated heterocycles. The second-order valence-corrected chi connectivity index (χ2v) is 9.53. The minimum atomic E-state index is -0.519. The third-order valence-electron chi connectivity index (χ3n) is 4.92. The maximum Gasteiger partial charge on any atom is 0.186 e. The van der Waals surface area contributed by atoms with Crippen molar-refractivity contribution in [2.24, 2.45) is 0 Å². The number of aliphatic hydroxyl groups is 1. The van der Waals surface area contributed by atoms with E-state index >= 15 is 0 Å². The van der Waals surface area contributed by atoms with Crippen molar-refractivity contribution in [1.82, 2.24) is 9.88 Å². The summed E-state index contributed by atoms with van der Waals surface area (Å²) in [5, 5.41) is 12.2. The summed E-state index contributed by atoms with van der Waals surface area (Å²) < 4.78 is 7.83. The average molecular weight is 497 g/mol. The number of benzene rings is 2. The van der Waals surface area contributed by atoms with E-state index in [2.05, 4.69) is 25.7 Å². The summed E-state index contributed by atoms with van der Waals surface area (Å²) in [5.74, 6) is 0.769. The molecule has 2 heterocycles. The van der Waals surface area contributed by atoms with Crippen molar-refractivity contribution in [2.45, 2.75) is 12.5 Å². The number of aromatic nitrogens is 1. The lowest BCUT2D eigenvalue weighted by Crippen LogP contribution is -2.38. The van der Waals surface area contributed by atoms with E-state index in [0.717, 1.165) is 63.2 Å². The number of β-amino-alcohol motifs (C(OH)–C–C–N with tert-alkyl or cyclic N) is 1.